The summed E-state index contributed by atoms with van der Waals surface area (Å²) >= 11 is 1.17. The Morgan fingerprint density at radius 2 is 1.80 bits per heavy atom. The second-order valence-electron chi connectivity index (χ2n) is 9.71. The molecule has 1 unspecified atom stereocenters. The van der Waals surface area contributed by atoms with Gasteiger partial charge in [0, 0.05) is 29.3 Å². The summed E-state index contributed by atoms with van der Waals surface area (Å²) in [6, 6.07) is 25.1. The lowest BCUT2D eigenvalue weighted by molar-refractivity contribution is -0.384. The molecule has 0 aliphatic carbocycles. The summed E-state index contributed by atoms with van der Waals surface area (Å²) in [5, 5.41) is 11.2. The summed E-state index contributed by atoms with van der Waals surface area (Å²) < 4.78 is 18.6. The van der Waals surface area contributed by atoms with Crippen molar-refractivity contribution in [2.45, 2.75) is 13.0 Å². The largest absolute Gasteiger partial charge is 0.497 e. The van der Waals surface area contributed by atoms with Gasteiger partial charge < -0.3 is 13.9 Å². The van der Waals surface area contributed by atoms with Gasteiger partial charge in [-0.3, -0.25) is 19.5 Å². The van der Waals surface area contributed by atoms with E-state index in [4.69, 9.17) is 18.9 Å². The minimum atomic E-state index is -0.828. The topological polar surface area (TPSA) is 126 Å². The minimum Gasteiger partial charge on any atom is -0.497 e. The summed E-state index contributed by atoms with van der Waals surface area (Å²) in [6.07, 6.45) is 1.60. The van der Waals surface area contributed by atoms with Gasteiger partial charge in [0.05, 0.1) is 40.5 Å². The molecule has 1 aliphatic heterocycles. The van der Waals surface area contributed by atoms with E-state index in [1.165, 1.54) is 28.0 Å². The van der Waals surface area contributed by atoms with E-state index >= 15 is 0 Å². The van der Waals surface area contributed by atoms with Gasteiger partial charge in [-0.1, -0.05) is 65.9 Å². The molecule has 0 saturated carbocycles. The van der Waals surface area contributed by atoms with Crippen LogP contribution < -0.4 is 19.6 Å². The van der Waals surface area contributed by atoms with Crippen LogP contribution in [0.1, 0.15) is 29.9 Å². The quantitative estimate of drug-likeness (QED) is 0.136. The first-order chi connectivity index (χ1) is 21.4. The normalized spacial score (nSPS) is 14.6. The number of thiazole rings is 1. The van der Waals surface area contributed by atoms with Crippen molar-refractivity contribution in [1.82, 2.24) is 4.57 Å². The molecule has 2 aromatic heterocycles. The maximum atomic E-state index is 14.1. The van der Waals surface area contributed by atoms with Crippen molar-refractivity contribution in [2.75, 3.05) is 13.7 Å². The van der Waals surface area contributed by atoms with Crippen LogP contribution in [0.3, 0.4) is 0 Å². The fourth-order valence-corrected chi connectivity index (χ4v) is 6.01. The first kappa shape index (κ1) is 28.6. The Morgan fingerprint density at radius 3 is 2.50 bits per heavy atom. The summed E-state index contributed by atoms with van der Waals surface area (Å²) in [5.74, 6) is 0.853. The van der Waals surface area contributed by atoms with E-state index in [0.717, 1.165) is 0 Å². The Hall–Kier alpha value is -5.55. The predicted octanol–water partition coefficient (Wildman–Crippen LogP) is 5.11. The lowest BCUT2D eigenvalue weighted by Gasteiger charge is -2.26. The van der Waals surface area contributed by atoms with Crippen LogP contribution in [0.25, 0.3) is 23.1 Å². The molecular formula is C33H25N3O7S. The maximum Gasteiger partial charge on any atom is 0.338 e. The third-order valence-electron chi connectivity index (χ3n) is 7.05. The number of ether oxygens (including phenoxy) is 2. The number of carbonyl (C=O) groups is 1. The van der Waals surface area contributed by atoms with Crippen molar-refractivity contribution in [2.24, 2.45) is 4.99 Å². The molecular weight excluding hydrogens is 582 g/mol. The number of nitrogens with zero attached hydrogens (tertiary/aromatic N) is 3. The van der Waals surface area contributed by atoms with Gasteiger partial charge in [-0.2, -0.15) is 0 Å². The van der Waals surface area contributed by atoms with Crippen LogP contribution in [-0.2, 0) is 9.53 Å². The molecule has 6 rings (SSSR count). The highest BCUT2D eigenvalue weighted by atomic mass is 32.1. The molecule has 0 bridgehead atoms. The van der Waals surface area contributed by atoms with Crippen LogP contribution >= 0.6 is 11.3 Å². The first-order valence-electron chi connectivity index (χ1n) is 13.6. The zero-order chi connectivity index (χ0) is 30.8. The van der Waals surface area contributed by atoms with Crippen LogP contribution in [0.2, 0.25) is 0 Å². The highest BCUT2D eigenvalue weighted by molar-refractivity contribution is 7.07. The SMILES string of the molecule is CCOC(=O)C1=C(c2ccccc2)N=c2s/c(=C\c3ccc(-c4cccc([N+](=O)[O-])c4)o3)c(=O)n2C1c1ccc(OC)cc1. The lowest BCUT2D eigenvalue weighted by atomic mass is 9.93. The van der Waals surface area contributed by atoms with E-state index < -0.39 is 16.9 Å². The molecule has 3 heterocycles. The first-order valence-corrected chi connectivity index (χ1v) is 14.5. The molecule has 0 N–H and O–H groups in total. The second-order valence-corrected chi connectivity index (χ2v) is 10.7. The van der Waals surface area contributed by atoms with E-state index in [9.17, 15) is 19.7 Å². The number of nitro benzene ring substituents is 1. The molecule has 0 radical (unpaired) electrons. The number of furan rings is 1. The number of aromatic nitrogens is 1. The van der Waals surface area contributed by atoms with Gasteiger partial charge in [0.15, 0.2) is 4.80 Å². The van der Waals surface area contributed by atoms with E-state index in [1.807, 2.05) is 42.5 Å². The summed E-state index contributed by atoms with van der Waals surface area (Å²) in [4.78, 5) is 43.6. The number of methoxy groups -OCH3 is 1. The Morgan fingerprint density at radius 1 is 1.05 bits per heavy atom. The van der Waals surface area contributed by atoms with Crippen molar-refractivity contribution < 1.29 is 23.6 Å². The Bertz CT molecular complexity index is 2090. The summed E-state index contributed by atoms with van der Waals surface area (Å²) in [7, 11) is 1.56. The minimum absolute atomic E-state index is 0.0566. The van der Waals surface area contributed by atoms with Crippen LogP contribution in [0, 0.1) is 10.1 Å². The third kappa shape index (κ3) is 5.36. The number of benzene rings is 3. The van der Waals surface area contributed by atoms with Gasteiger partial charge in [-0.25, -0.2) is 9.79 Å². The van der Waals surface area contributed by atoms with Crippen molar-refractivity contribution >= 4 is 34.8 Å². The molecule has 0 saturated heterocycles. The third-order valence-corrected chi connectivity index (χ3v) is 8.03. The van der Waals surface area contributed by atoms with E-state index in [1.54, 1.807) is 56.5 Å². The second kappa shape index (κ2) is 12.0. The van der Waals surface area contributed by atoms with Gasteiger partial charge in [-0.05, 0) is 36.8 Å². The van der Waals surface area contributed by atoms with Crippen LogP contribution in [0.15, 0.2) is 111 Å². The van der Waals surface area contributed by atoms with E-state index in [0.29, 0.717) is 49.0 Å². The summed E-state index contributed by atoms with van der Waals surface area (Å²) in [5.41, 5.74) is 2.16. The van der Waals surface area contributed by atoms with Crippen molar-refractivity contribution in [3.05, 3.63) is 143 Å². The van der Waals surface area contributed by atoms with Gasteiger partial charge in [-0.15, -0.1) is 0 Å². The molecule has 44 heavy (non-hydrogen) atoms. The molecule has 10 nitrogen and oxygen atoms in total. The average molecular weight is 608 g/mol. The molecule has 0 amide bonds. The van der Waals surface area contributed by atoms with Crippen LogP contribution in [-0.4, -0.2) is 29.2 Å². The van der Waals surface area contributed by atoms with Gasteiger partial charge in [0.2, 0.25) is 0 Å². The molecule has 5 aromatic rings. The van der Waals surface area contributed by atoms with Crippen molar-refractivity contribution in [3.63, 3.8) is 0 Å². The van der Waals surface area contributed by atoms with Crippen molar-refractivity contribution in [3.8, 4) is 17.1 Å². The Kier molecular flexibility index (Phi) is 7.78. The summed E-state index contributed by atoms with van der Waals surface area (Å²) in [6.45, 7) is 1.87. The molecule has 1 atom stereocenters. The highest BCUT2D eigenvalue weighted by Crippen LogP contribution is 2.35. The number of hydrogen-bond acceptors (Lipinski definition) is 9. The van der Waals surface area contributed by atoms with E-state index in [-0.39, 0.29) is 23.4 Å². The smallest absolute Gasteiger partial charge is 0.338 e. The number of non-ortho nitro benzene ring substituents is 1. The fourth-order valence-electron chi connectivity index (χ4n) is 5.03. The number of esters is 1. The Balaban J connectivity index is 1.53. The zero-order valence-corrected chi connectivity index (χ0v) is 24.4. The zero-order valence-electron chi connectivity index (χ0n) is 23.6. The molecule has 220 valence electrons. The fraction of sp³-hybridized carbons (Fsp3) is 0.121. The number of hydrogen-bond donors (Lipinski definition) is 0. The maximum absolute atomic E-state index is 14.1. The lowest BCUT2D eigenvalue weighted by Crippen LogP contribution is -2.40. The van der Waals surface area contributed by atoms with Crippen LogP contribution in [0.4, 0.5) is 5.69 Å². The molecule has 3 aromatic carbocycles. The van der Waals surface area contributed by atoms with Crippen LogP contribution in [0.5, 0.6) is 5.75 Å². The van der Waals surface area contributed by atoms with Gasteiger partial charge in [0.25, 0.3) is 11.2 Å². The number of carbonyl (C=O) groups excluding carboxylic acids is 1. The predicted molar refractivity (Wildman–Crippen MR) is 165 cm³/mol. The number of rotatable bonds is 8. The van der Waals surface area contributed by atoms with Gasteiger partial charge >= 0.3 is 5.97 Å². The Labute approximate surface area is 254 Å². The molecule has 0 fully saturated rings. The van der Waals surface area contributed by atoms with E-state index in [2.05, 4.69) is 0 Å². The number of nitro groups is 1. The molecule has 11 heteroatoms. The van der Waals surface area contributed by atoms with Crippen molar-refractivity contribution in [1.29, 1.82) is 0 Å². The average Bonchev–Trinajstić information content (AvgIpc) is 3.65. The molecule has 1 aliphatic rings. The monoisotopic (exact) mass is 607 g/mol. The van der Waals surface area contributed by atoms with Gasteiger partial charge in [0.1, 0.15) is 17.3 Å². The number of fused-ring (bicyclic) bond motifs is 1. The standard InChI is InChI=1S/C33H25N3O7S/c1-3-42-32(38)28-29(20-8-5-4-6-9-20)34-33-35(30(28)21-12-14-24(41-2)15-13-21)31(37)27(44-33)19-25-16-17-26(43-25)22-10-7-11-23(18-22)36(39)40/h4-19,30H,3H2,1-2H3/b27-19-. The highest BCUT2D eigenvalue weighted by Gasteiger charge is 2.35. The molecule has 0 spiro atoms.